The van der Waals surface area contributed by atoms with Crippen molar-refractivity contribution < 1.29 is 18.2 Å². The van der Waals surface area contributed by atoms with Gasteiger partial charge < -0.3 is 14.1 Å². The van der Waals surface area contributed by atoms with Crippen molar-refractivity contribution in [1.29, 1.82) is 0 Å². The summed E-state index contributed by atoms with van der Waals surface area (Å²) in [4.78, 5) is 27.1. The highest BCUT2D eigenvalue weighted by Gasteiger charge is 2.37. The molecule has 2 aliphatic rings. The van der Waals surface area contributed by atoms with Crippen LogP contribution in [0.2, 0.25) is 0 Å². The number of aryl methyl sites for hydroxylation is 2. The second-order valence-electron chi connectivity index (χ2n) is 10.5. The minimum Gasteiger partial charge on any atom is -0.497 e. The van der Waals surface area contributed by atoms with Crippen LogP contribution in [0, 0.1) is 13.8 Å². The van der Waals surface area contributed by atoms with Crippen LogP contribution in [-0.4, -0.2) is 73.3 Å². The van der Waals surface area contributed by atoms with Gasteiger partial charge in [-0.05, 0) is 81.8 Å². The number of methoxy groups -OCH3 is 1. The molecule has 0 spiro atoms. The second kappa shape index (κ2) is 11.4. The maximum absolute atomic E-state index is 14.2. The number of ether oxygens (including phenoxy) is 1. The van der Waals surface area contributed by atoms with E-state index in [0.29, 0.717) is 17.3 Å². The minimum atomic E-state index is -2.82. The average Bonchev–Trinajstić information content (AvgIpc) is 3.23. The fraction of sp³-hybridized carbons (Fsp3) is 0.500. The third-order valence-corrected chi connectivity index (χ3v) is 10.6. The van der Waals surface area contributed by atoms with E-state index in [1.807, 2.05) is 30.3 Å². The largest absolute Gasteiger partial charge is 0.497 e. The van der Waals surface area contributed by atoms with Crippen LogP contribution in [0.1, 0.15) is 63.9 Å². The summed E-state index contributed by atoms with van der Waals surface area (Å²) in [7, 11) is 0.538. The van der Waals surface area contributed by atoms with E-state index in [2.05, 4.69) is 21.1 Å². The molecule has 1 saturated heterocycles. The molecule has 2 aromatic heterocycles. The first kappa shape index (κ1) is 27.8. The first-order valence-electron chi connectivity index (χ1n) is 13.3. The van der Waals surface area contributed by atoms with Gasteiger partial charge in [0, 0.05) is 25.0 Å². The number of aromatic nitrogens is 2. The molecule has 1 aliphatic carbocycles. The third-order valence-electron chi connectivity index (χ3n) is 7.29. The lowest BCUT2D eigenvalue weighted by Gasteiger charge is -2.27. The number of thiazole rings is 1. The van der Waals surface area contributed by atoms with Crippen LogP contribution in [0.4, 0.5) is 0 Å². The number of amides is 1. The van der Waals surface area contributed by atoms with E-state index in [-0.39, 0.29) is 24.2 Å². The predicted molar refractivity (Wildman–Crippen MR) is 153 cm³/mol. The standard InChI is InChI=1S/C28H37N5O4S2/c1-19-12-23(36-4)13-20(2)27(19)39(5,35)33(22-8-9-22)15-25-30-24(17-37-25)28(34)31(3)16-26-29-21(18-38-26)14-32-10-6-7-11-32/h12-13,17-18,22H,5-11,14-16H2,1-4H3. The van der Waals surface area contributed by atoms with E-state index in [4.69, 9.17) is 14.1 Å². The Morgan fingerprint density at radius 1 is 1.21 bits per heavy atom. The number of rotatable bonds is 11. The minimum absolute atomic E-state index is 0.129. The Morgan fingerprint density at radius 2 is 1.90 bits per heavy atom. The Hall–Kier alpha value is -2.73. The predicted octanol–water partition coefficient (Wildman–Crippen LogP) is 4.28. The number of hydrogen-bond acceptors (Lipinski definition) is 8. The molecule has 1 aliphatic heterocycles. The smallest absolute Gasteiger partial charge is 0.275 e. The lowest BCUT2D eigenvalue weighted by atomic mass is 10.1. The normalized spacial score (nSPS) is 17.5. The summed E-state index contributed by atoms with van der Waals surface area (Å²) in [6.07, 6.45) is 5.75. The van der Waals surface area contributed by atoms with E-state index in [0.717, 1.165) is 60.1 Å². The highest BCUT2D eigenvalue weighted by Crippen LogP contribution is 2.36. The number of likely N-dealkylation sites (tertiary alicyclic amines) is 1. The zero-order valence-corrected chi connectivity index (χ0v) is 24.8. The molecule has 1 amide bonds. The lowest BCUT2D eigenvalue weighted by Crippen LogP contribution is -2.33. The van der Waals surface area contributed by atoms with Gasteiger partial charge in [0.1, 0.15) is 17.0 Å². The van der Waals surface area contributed by atoms with Gasteiger partial charge in [-0.1, -0.05) is 0 Å². The van der Waals surface area contributed by atoms with Crippen LogP contribution >= 0.6 is 11.3 Å². The highest BCUT2D eigenvalue weighted by molar-refractivity contribution is 7.98. The quantitative estimate of drug-likeness (QED) is 0.317. The van der Waals surface area contributed by atoms with Crippen LogP contribution in [0.3, 0.4) is 0 Å². The maximum atomic E-state index is 14.2. The summed E-state index contributed by atoms with van der Waals surface area (Å²) >= 11 is 1.57. The van der Waals surface area contributed by atoms with Crippen molar-refractivity contribution in [1.82, 2.24) is 24.1 Å². The van der Waals surface area contributed by atoms with Gasteiger partial charge in [-0.3, -0.25) is 9.69 Å². The SMILES string of the molecule is C=S(=O)(c1c(C)cc(OC)cc1C)N(Cc1nc(C(=O)N(C)Cc2nc(CN3CCCC3)cs2)co1)C1CC1. The molecule has 0 radical (unpaired) electrons. The van der Waals surface area contributed by atoms with Crippen molar-refractivity contribution in [3.05, 3.63) is 57.2 Å². The summed E-state index contributed by atoms with van der Waals surface area (Å²) in [5, 5.41) is 2.97. The number of benzene rings is 1. The van der Waals surface area contributed by atoms with Crippen molar-refractivity contribution in [2.45, 2.75) is 70.1 Å². The molecule has 2 fully saturated rings. The van der Waals surface area contributed by atoms with E-state index in [1.165, 1.54) is 19.1 Å². The lowest BCUT2D eigenvalue weighted by molar-refractivity contribution is 0.0779. The molecule has 9 nitrogen and oxygen atoms in total. The number of carbonyl (C=O) groups is 1. The van der Waals surface area contributed by atoms with Gasteiger partial charge in [0.15, 0.2) is 5.69 Å². The van der Waals surface area contributed by atoms with Crippen LogP contribution < -0.4 is 4.74 Å². The average molecular weight is 572 g/mol. The first-order chi connectivity index (χ1) is 18.7. The molecule has 1 unspecified atom stereocenters. The van der Waals surface area contributed by atoms with E-state index in [9.17, 15) is 9.00 Å². The molecule has 5 rings (SSSR count). The number of nitrogens with zero attached hydrogens (tertiary/aromatic N) is 5. The Bertz CT molecular complexity index is 1410. The topological polar surface area (TPSA) is 92.0 Å². The molecule has 210 valence electrons. The maximum Gasteiger partial charge on any atom is 0.275 e. The molecule has 1 saturated carbocycles. The van der Waals surface area contributed by atoms with Crippen molar-refractivity contribution >= 4 is 32.8 Å². The summed E-state index contributed by atoms with van der Waals surface area (Å²) < 4.78 is 27.2. The second-order valence-corrected chi connectivity index (χ2v) is 13.6. The van der Waals surface area contributed by atoms with Crippen molar-refractivity contribution in [3.8, 4) is 5.75 Å². The number of carbonyl (C=O) groups excluding carboxylic acids is 1. The summed E-state index contributed by atoms with van der Waals surface area (Å²) in [6, 6.07) is 3.89. The highest BCUT2D eigenvalue weighted by atomic mass is 32.2. The van der Waals surface area contributed by atoms with Gasteiger partial charge in [0.05, 0.1) is 40.5 Å². The van der Waals surface area contributed by atoms with Gasteiger partial charge in [0.25, 0.3) is 5.91 Å². The third kappa shape index (κ3) is 6.21. The fourth-order valence-electron chi connectivity index (χ4n) is 5.23. The molecule has 3 aromatic rings. The Labute approximate surface area is 234 Å². The molecule has 3 heterocycles. The Morgan fingerprint density at radius 3 is 2.54 bits per heavy atom. The van der Waals surface area contributed by atoms with E-state index >= 15 is 0 Å². The van der Waals surface area contributed by atoms with Gasteiger partial charge >= 0.3 is 0 Å². The van der Waals surface area contributed by atoms with Crippen LogP contribution in [0.15, 0.2) is 33.1 Å². The molecule has 1 atom stereocenters. The van der Waals surface area contributed by atoms with Gasteiger partial charge in [-0.15, -0.1) is 11.3 Å². The van der Waals surface area contributed by atoms with Crippen LogP contribution in [-0.2, 0) is 29.3 Å². The van der Waals surface area contributed by atoms with Gasteiger partial charge in [-0.2, -0.15) is 0 Å². The molecule has 0 bridgehead atoms. The van der Waals surface area contributed by atoms with Crippen molar-refractivity contribution in [2.24, 2.45) is 0 Å². The van der Waals surface area contributed by atoms with Crippen LogP contribution in [0.25, 0.3) is 0 Å². The zero-order valence-electron chi connectivity index (χ0n) is 23.1. The number of hydrogen-bond donors (Lipinski definition) is 0. The molecule has 39 heavy (non-hydrogen) atoms. The fourth-order valence-corrected chi connectivity index (χ4v) is 8.44. The van der Waals surface area contributed by atoms with Crippen molar-refractivity contribution in [3.63, 3.8) is 0 Å². The summed E-state index contributed by atoms with van der Waals surface area (Å²) in [5.74, 6) is 5.02. The first-order valence-corrected chi connectivity index (χ1v) is 15.9. The molecule has 11 heteroatoms. The zero-order chi connectivity index (χ0) is 27.7. The van der Waals surface area contributed by atoms with E-state index < -0.39 is 9.71 Å². The Balaban J connectivity index is 1.26. The van der Waals surface area contributed by atoms with E-state index in [1.54, 1.807) is 30.4 Å². The molecule has 0 N–H and O–H groups in total. The Kier molecular flexibility index (Phi) is 8.14. The van der Waals surface area contributed by atoms with Gasteiger partial charge in [0.2, 0.25) is 5.89 Å². The summed E-state index contributed by atoms with van der Waals surface area (Å²) in [5.41, 5.74) is 3.02. The number of oxazole rings is 1. The monoisotopic (exact) mass is 571 g/mol. The molecular weight excluding hydrogens is 534 g/mol. The van der Waals surface area contributed by atoms with Crippen LogP contribution in [0.5, 0.6) is 5.75 Å². The summed E-state index contributed by atoms with van der Waals surface area (Å²) in [6.45, 7) is 7.58. The molecular formula is C28H37N5O4S2. The van der Waals surface area contributed by atoms with Crippen molar-refractivity contribution in [2.75, 3.05) is 27.2 Å². The van der Waals surface area contributed by atoms with Gasteiger partial charge in [-0.25, -0.2) is 18.5 Å². The molecule has 1 aromatic carbocycles.